The van der Waals surface area contributed by atoms with Crippen molar-refractivity contribution in [2.45, 2.75) is 13.5 Å². The van der Waals surface area contributed by atoms with Crippen LogP contribution in [0.2, 0.25) is 5.02 Å². The number of aromatic amines is 1. The highest BCUT2D eigenvalue weighted by atomic mass is 35.5. The highest BCUT2D eigenvalue weighted by Gasteiger charge is 2.17. The number of nitrogens with zero attached hydrogens (tertiary/aromatic N) is 2. The standard InChI is InChI=1S/C16H13ClN4O4/c1-9-6-13(25-20-9)19-14(22)11-7-18-16(24)21(15(11)23)8-10-4-2-3-5-12(10)17/h2-7H,8H2,1H3,(H,18,24)(H,19,22). The highest BCUT2D eigenvalue weighted by molar-refractivity contribution is 6.31. The van der Waals surface area contributed by atoms with Gasteiger partial charge in [0.15, 0.2) is 0 Å². The van der Waals surface area contributed by atoms with E-state index < -0.39 is 17.2 Å². The molecule has 128 valence electrons. The molecule has 3 aromatic rings. The number of hydrogen-bond donors (Lipinski definition) is 2. The van der Waals surface area contributed by atoms with E-state index in [1.807, 2.05) is 0 Å². The van der Waals surface area contributed by atoms with Crippen molar-refractivity contribution in [3.8, 4) is 0 Å². The molecule has 0 fully saturated rings. The Kier molecular flexibility index (Phi) is 4.53. The fraction of sp³-hybridized carbons (Fsp3) is 0.125. The first-order valence-corrected chi connectivity index (χ1v) is 7.64. The van der Waals surface area contributed by atoms with Crippen LogP contribution in [-0.4, -0.2) is 20.6 Å². The van der Waals surface area contributed by atoms with E-state index in [0.29, 0.717) is 16.3 Å². The van der Waals surface area contributed by atoms with Crippen LogP contribution in [0.4, 0.5) is 5.88 Å². The minimum atomic E-state index is -0.739. The Morgan fingerprint density at radius 2 is 2.12 bits per heavy atom. The SMILES string of the molecule is Cc1cc(NC(=O)c2c[nH]c(=O)n(Cc3ccccc3Cl)c2=O)on1. The van der Waals surface area contributed by atoms with Crippen LogP contribution in [0, 0.1) is 6.92 Å². The molecular weight excluding hydrogens is 348 g/mol. The Balaban J connectivity index is 1.94. The van der Waals surface area contributed by atoms with Gasteiger partial charge in [-0.3, -0.25) is 19.5 Å². The molecule has 0 bridgehead atoms. The summed E-state index contributed by atoms with van der Waals surface area (Å²) in [6, 6.07) is 8.33. The third-order valence-electron chi connectivity index (χ3n) is 3.46. The first-order valence-electron chi connectivity index (χ1n) is 7.26. The number of halogens is 1. The van der Waals surface area contributed by atoms with Crippen LogP contribution in [0.3, 0.4) is 0 Å². The van der Waals surface area contributed by atoms with Crippen molar-refractivity contribution in [2.75, 3.05) is 5.32 Å². The zero-order valence-electron chi connectivity index (χ0n) is 13.1. The van der Waals surface area contributed by atoms with Gasteiger partial charge in [-0.05, 0) is 18.6 Å². The van der Waals surface area contributed by atoms with Gasteiger partial charge in [-0.15, -0.1) is 0 Å². The van der Waals surface area contributed by atoms with E-state index in [4.69, 9.17) is 16.1 Å². The summed E-state index contributed by atoms with van der Waals surface area (Å²) < 4.78 is 5.79. The lowest BCUT2D eigenvalue weighted by Crippen LogP contribution is -2.39. The van der Waals surface area contributed by atoms with Gasteiger partial charge in [-0.25, -0.2) is 4.79 Å². The van der Waals surface area contributed by atoms with Crippen molar-refractivity contribution in [1.29, 1.82) is 0 Å². The summed E-state index contributed by atoms with van der Waals surface area (Å²) in [7, 11) is 0. The van der Waals surface area contributed by atoms with Gasteiger partial charge in [0.25, 0.3) is 11.5 Å². The van der Waals surface area contributed by atoms with Crippen LogP contribution in [-0.2, 0) is 6.54 Å². The van der Waals surface area contributed by atoms with Crippen LogP contribution < -0.4 is 16.6 Å². The molecule has 0 atom stereocenters. The number of hydrogen-bond acceptors (Lipinski definition) is 5. The minimum Gasteiger partial charge on any atom is -0.338 e. The molecule has 0 saturated heterocycles. The smallest absolute Gasteiger partial charge is 0.328 e. The molecule has 3 rings (SSSR count). The van der Waals surface area contributed by atoms with Crippen molar-refractivity contribution >= 4 is 23.4 Å². The maximum atomic E-state index is 12.5. The largest absolute Gasteiger partial charge is 0.338 e. The van der Waals surface area contributed by atoms with E-state index in [2.05, 4.69) is 15.5 Å². The van der Waals surface area contributed by atoms with Gasteiger partial charge in [0, 0.05) is 17.3 Å². The molecule has 2 N–H and O–H groups in total. The van der Waals surface area contributed by atoms with E-state index in [-0.39, 0.29) is 18.0 Å². The molecule has 0 radical (unpaired) electrons. The average molecular weight is 361 g/mol. The second kappa shape index (κ2) is 6.78. The molecule has 2 aromatic heterocycles. The summed E-state index contributed by atoms with van der Waals surface area (Å²) in [6.07, 6.45) is 1.06. The molecule has 0 saturated carbocycles. The molecule has 9 heteroatoms. The summed E-state index contributed by atoms with van der Waals surface area (Å²) >= 11 is 6.06. The normalized spacial score (nSPS) is 10.6. The topological polar surface area (TPSA) is 110 Å². The second-order valence-electron chi connectivity index (χ2n) is 5.28. The van der Waals surface area contributed by atoms with Gasteiger partial charge in [-0.1, -0.05) is 35.0 Å². The Bertz CT molecular complexity index is 1050. The fourth-order valence-corrected chi connectivity index (χ4v) is 2.41. The summed E-state index contributed by atoms with van der Waals surface area (Å²) in [5, 5.41) is 6.47. The quantitative estimate of drug-likeness (QED) is 0.737. The molecule has 0 aliphatic carbocycles. The summed E-state index contributed by atoms with van der Waals surface area (Å²) in [5.74, 6) is -0.615. The van der Waals surface area contributed by atoms with Crippen molar-refractivity contribution in [1.82, 2.24) is 14.7 Å². The number of carbonyl (C=O) groups is 1. The number of aryl methyl sites for hydroxylation is 1. The lowest BCUT2D eigenvalue weighted by atomic mass is 10.2. The fourth-order valence-electron chi connectivity index (χ4n) is 2.22. The van der Waals surface area contributed by atoms with Crippen molar-refractivity contribution in [3.63, 3.8) is 0 Å². The summed E-state index contributed by atoms with van der Waals surface area (Å²) in [4.78, 5) is 39.2. The number of amides is 1. The third kappa shape index (κ3) is 3.53. The van der Waals surface area contributed by atoms with Crippen LogP contribution in [0.5, 0.6) is 0 Å². The predicted molar refractivity (Wildman–Crippen MR) is 91.1 cm³/mol. The number of benzene rings is 1. The Hall–Kier alpha value is -3.13. The number of rotatable bonds is 4. The third-order valence-corrected chi connectivity index (χ3v) is 3.83. The highest BCUT2D eigenvalue weighted by Crippen LogP contribution is 2.15. The molecule has 0 aliphatic heterocycles. The van der Waals surface area contributed by atoms with Crippen molar-refractivity contribution in [3.05, 3.63) is 79.2 Å². The van der Waals surface area contributed by atoms with Crippen molar-refractivity contribution in [2.24, 2.45) is 0 Å². The molecule has 1 amide bonds. The summed E-state index contributed by atoms with van der Waals surface area (Å²) in [6.45, 7) is 1.63. The van der Waals surface area contributed by atoms with E-state index >= 15 is 0 Å². The molecule has 0 unspecified atom stereocenters. The van der Waals surface area contributed by atoms with Gasteiger partial charge in [0.05, 0.1) is 12.2 Å². The van der Waals surface area contributed by atoms with E-state index in [1.54, 1.807) is 31.2 Å². The lowest BCUT2D eigenvalue weighted by molar-refractivity contribution is 0.102. The zero-order chi connectivity index (χ0) is 18.0. The number of anilines is 1. The van der Waals surface area contributed by atoms with Gasteiger partial charge >= 0.3 is 5.69 Å². The number of aromatic nitrogens is 3. The lowest BCUT2D eigenvalue weighted by Gasteiger charge is -2.08. The average Bonchev–Trinajstić information content (AvgIpc) is 2.98. The van der Waals surface area contributed by atoms with Crippen LogP contribution in [0.15, 0.2) is 50.6 Å². The molecule has 8 nitrogen and oxygen atoms in total. The molecule has 1 aromatic carbocycles. The Morgan fingerprint density at radius 1 is 1.36 bits per heavy atom. The number of H-pyrrole nitrogens is 1. The number of nitrogens with one attached hydrogen (secondary N) is 2. The molecule has 0 spiro atoms. The van der Waals surface area contributed by atoms with Gasteiger partial charge in [0.2, 0.25) is 5.88 Å². The minimum absolute atomic E-state index is 0.0592. The maximum Gasteiger partial charge on any atom is 0.328 e. The van der Waals surface area contributed by atoms with Gasteiger partial charge < -0.3 is 9.51 Å². The maximum absolute atomic E-state index is 12.5. The van der Waals surface area contributed by atoms with Gasteiger partial charge in [-0.2, -0.15) is 0 Å². The first-order chi connectivity index (χ1) is 12.0. The Morgan fingerprint density at radius 3 is 2.80 bits per heavy atom. The first kappa shape index (κ1) is 16.7. The van der Waals surface area contributed by atoms with Crippen molar-refractivity contribution < 1.29 is 9.32 Å². The predicted octanol–water partition coefficient (Wildman–Crippen LogP) is 1.79. The zero-order valence-corrected chi connectivity index (χ0v) is 13.8. The molecule has 25 heavy (non-hydrogen) atoms. The van der Waals surface area contributed by atoms with Crippen LogP contribution in [0.25, 0.3) is 0 Å². The molecular formula is C16H13ClN4O4. The van der Waals surface area contributed by atoms with E-state index in [9.17, 15) is 14.4 Å². The van der Waals surface area contributed by atoms with Crippen LogP contribution >= 0.6 is 11.6 Å². The Labute approximate surface area is 146 Å². The van der Waals surface area contributed by atoms with Crippen LogP contribution in [0.1, 0.15) is 21.6 Å². The monoisotopic (exact) mass is 360 g/mol. The number of carbonyl (C=O) groups excluding carboxylic acids is 1. The summed E-state index contributed by atoms with van der Waals surface area (Å²) in [5.41, 5.74) is -0.455. The van der Waals surface area contributed by atoms with E-state index in [1.165, 1.54) is 6.07 Å². The van der Waals surface area contributed by atoms with E-state index in [0.717, 1.165) is 10.8 Å². The molecule has 2 heterocycles. The second-order valence-corrected chi connectivity index (χ2v) is 5.68. The van der Waals surface area contributed by atoms with Gasteiger partial charge in [0.1, 0.15) is 5.56 Å². The molecule has 0 aliphatic rings.